The molecule has 1 aromatic rings. The summed E-state index contributed by atoms with van der Waals surface area (Å²) in [5.41, 5.74) is 0.677. The highest BCUT2D eigenvalue weighted by molar-refractivity contribution is 5.92. The number of amides is 1. The topological polar surface area (TPSA) is 64.6 Å². The zero-order valence-corrected chi connectivity index (χ0v) is 12.1. The summed E-state index contributed by atoms with van der Waals surface area (Å²) in [6, 6.07) is 7.09. The Bertz CT molecular complexity index is 440. The maximum atomic E-state index is 11.7. The van der Waals surface area contributed by atoms with Crippen LogP contribution in [-0.4, -0.2) is 24.6 Å². The van der Waals surface area contributed by atoms with Crippen molar-refractivity contribution < 1.29 is 19.1 Å². The highest BCUT2D eigenvalue weighted by atomic mass is 16.5. The van der Waals surface area contributed by atoms with E-state index in [9.17, 15) is 9.59 Å². The van der Waals surface area contributed by atoms with Crippen LogP contribution in [0.3, 0.4) is 0 Å². The van der Waals surface area contributed by atoms with Crippen LogP contribution < -0.4 is 10.1 Å². The predicted octanol–water partition coefficient (Wildman–Crippen LogP) is 2.76. The van der Waals surface area contributed by atoms with Gasteiger partial charge in [0, 0.05) is 12.1 Å². The number of esters is 1. The second-order valence-electron chi connectivity index (χ2n) is 4.54. The van der Waals surface area contributed by atoms with Crippen LogP contribution in [0.4, 0.5) is 5.69 Å². The molecule has 0 saturated heterocycles. The summed E-state index contributed by atoms with van der Waals surface area (Å²) in [5.74, 6) is 0.183. The lowest BCUT2D eigenvalue weighted by Crippen LogP contribution is -2.16. The van der Waals surface area contributed by atoms with Gasteiger partial charge in [-0.3, -0.25) is 9.59 Å². The van der Waals surface area contributed by atoms with Crippen molar-refractivity contribution in [1.82, 2.24) is 0 Å². The van der Waals surface area contributed by atoms with Crippen molar-refractivity contribution in [1.29, 1.82) is 0 Å². The Balaban J connectivity index is 2.36. The van der Waals surface area contributed by atoms with E-state index >= 15 is 0 Å². The predicted molar refractivity (Wildman–Crippen MR) is 76.7 cm³/mol. The van der Waals surface area contributed by atoms with Gasteiger partial charge in [-0.05, 0) is 45.0 Å². The van der Waals surface area contributed by atoms with Crippen molar-refractivity contribution in [2.45, 2.75) is 39.7 Å². The fourth-order valence-electron chi connectivity index (χ4n) is 1.56. The highest BCUT2D eigenvalue weighted by Gasteiger charge is 2.09. The molecule has 5 heteroatoms. The molecular weight excluding hydrogens is 258 g/mol. The summed E-state index contributed by atoms with van der Waals surface area (Å²) in [6.45, 7) is 6.06. The van der Waals surface area contributed by atoms with Crippen molar-refractivity contribution >= 4 is 17.6 Å². The third-order valence-electron chi connectivity index (χ3n) is 2.37. The van der Waals surface area contributed by atoms with E-state index in [2.05, 4.69) is 5.32 Å². The first-order valence-electron chi connectivity index (χ1n) is 6.73. The molecule has 0 radical (unpaired) electrons. The summed E-state index contributed by atoms with van der Waals surface area (Å²) < 4.78 is 10.3. The van der Waals surface area contributed by atoms with Gasteiger partial charge in [0.15, 0.2) is 0 Å². The van der Waals surface area contributed by atoms with Crippen LogP contribution in [0.5, 0.6) is 5.75 Å². The van der Waals surface area contributed by atoms with Gasteiger partial charge in [-0.2, -0.15) is 0 Å². The van der Waals surface area contributed by atoms with Crippen molar-refractivity contribution in [2.24, 2.45) is 0 Å². The molecule has 5 nitrogen and oxygen atoms in total. The quantitative estimate of drug-likeness (QED) is 0.779. The van der Waals surface area contributed by atoms with E-state index in [1.807, 2.05) is 6.92 Å². The number of carbonyl (C=O) groups excluding carboxylic acids is 2. The monoisotopic (exact) mass is 279 g/mol. The van der Waals surface area contributed by atoms with Crippen LogP contribution in [0.1, 0.15) is 33.6 Å². The lowest BCUT2D eigenvalue weighted by atomic mass is 10.2. The van der Waals surface area contributed by atoms with Crippen LogP contribution >= 0.6 is 0 Å². The van der Waals surface area contributed by atoms with Crippen molar-refractivity contribution in [3.05, 3.63) is 24.3 Å². The zero-order valence-electron chi connectivity index (χ0n) is 12.1. The molecule has 0 saturated carbocycles. The third-order valence-corrected chi connectivity index (χ3v) is 2.37. The Hall–Kier alpha value is -2.04. The summed E-state index contributed by atoms with van der Waals surface area (Å²) in [7, 11) is 0. The summed E-state index contributed by atoms with van der Waals surface area (Å²) >= 11 is 0. The van der Waals surface area contributed by atoms with Gasteiger partial charge < -0.3 is 14.8 Å². The number of benzene rings is 1. The molecule has 0 bridgehead atoms. The first-order valence-corrected chi connectivity index (χ1v) is 6.73. The van der Waals surface area contributed by atoms with Gasteiger partial charge in [-0.25, -0.2) is 0 Å². The molecule has 0 aliphatic heterocycles. The van der Waals surface area contributed by atoms with Gasteiger partial charge in [0.1, 0.15) is 5.75 Å². The summed E-state index contributed by atoms with van der Waals surface area (Å²) in [4.78, 5) is 23.0. The number of nitrogens with one attached hydrogen (secondary N) is 1. The van der Waals surface area contributed by atoms with Crippen LogP contribution in [-0.2, 0) is 14.3 Å². The Morgan fingerprint density at radius 3 is 2.35 bits per heavy atom. The number of carbonyl (C=O) groups is 2. The summed E-state index contributed by atoms with van der Waals surface area (Å²) in [5, 5.41) is 2.72. The lowest BCUT2D eigenvalue weighted by molar-refractivity contribution is -0.148. The molecule has 110 valence electrons. The number of anilines is 1. The van der Waals surface area contributed by atoms with Crippen LogP contribution in [0.15, 0.2) is 24.3 Å². The van der Waals surface area contributed by atoms with E-state index in [4.69, 9.17) is 9.47 Å². The average molecular weight is 279 g/mol. The van der Waals surface area contributed by atoms with E-state index in [-0.39, 0.29) is 30.8 Å². The summed E-state index contributed by atoms with van der Waals surface area (Å²) in [6.07, 6.45) is 0.0384. The number of hydrogen-bond acceptors (Lipinski definition) is 4. The van der Waals surface area contributed by atoms with Gasteiger partial charge in [-0.1, -0.05) is 0 Å². The van der Waals surface area contributed by atoms with E-state index in [0.717, 1.165) is 5.75 Å². The third kappa shape index (κ3) is 6.22. The van der Waals surface area contributed by atoms with Gasteiger partial charge in [0.05, 0.1) is 19.1 Å². The van der Waals surface area contributed by atoms with Gasteiger partial charge in [0.2, 0.25) is 5.91 Å². The fraction of sp³-hybridized carbons (Fsp3) is 0.467. The minimum Gasteiger partial charge on any atom is -0.494 e. The average Bonchev–Trinajstić information content (AvgIpc) is 2.38. The molecule has 0 unspecified atom stereocenters. The minimum atomic E-state index is -0.359. The second kappa shape index (κ2) is 8.19. The van der Waals surface area contributed by atoms with E-state index in [1.165, 1.54) is 0 Å². The molecule has 0 aliphatic carbocycles. The molecule has 0 aromatic heterocycles. The van der Waals surface area contributed by atoms with Crippen molar-refractivity contribution in [2.75, 3.05) is 11.9 Å². The first-order chi connectivity index (χ1) is 9.51. The molecular formula is C15H21NO4. The maximum absolute atomic E-state index is 11.7. The maximum Gasteiger partial charge on any atom is 0.306 e. The molecule has 0 atom stereocenters. The molecule has 1 aromatic carbocycles. The Labute approximate surface area is 119 Å². The minimum absolute atomic E-state index is 0.0844. The SMILES string of the molecule is CCOc1ccc(NC(=O)CCC(=O)OC(C)C)cc1. The van der Waals surface area contributed by atoms with E-state index < -0.39 is 0 Å². The molecule has 20 heavy (non-hydrogen) atoms. The zero-order chi connectivity index (χ0) is 15.0. The Morgan fingerprint density at radius 2 is 1.80 bits per heavy atom. The molecule has 0 heterocycles. The molecule has 1 amide bonds. The highest BCUT2D eigenvalue weighted by Crippen LogP contribution is 2.15. The van der Waals surface area contributed by atoms with E-state index in [1.54, 1.807) is 38.1 Å². The standard InChI is InChI=1S/C15H21NO4/c1-4-19-13-7-5-12(6-8-13)16-14(17)9-10-15(18)20-11(2)3/h5-8,11H,4,9-10H2,1-3H3,(H,16,17). The van der Waals surface area contributed by atoms with Gasteiger partial charge in [-0.15, -0.1) is 0 Å². The first kappa shape index (κ1) is 16.0. The van der Waals surface area contributed by atoms with Crippen molar-refractivity contribution in [3.63, 3.8) is 0 Å². The molecule has 0 fully saturated rings. The Morgan fingerprint density at radius 1 is 1.15 bits per heavy atom. The van der Waals surface area contributed by atoms with Crippen LogP contribution in [0.2, 0.25) is 0 Å². The second-order valence-corrected chi connectivity index (χ2v) is 4.54. The largest absolute Gasteiger partial charge is 0.494 e. The molecule has 0 spiro atoms. The number of hydrogen-bond donors (Lipinski definition) is 1. The number of rotatable bonds is 7. The van der Waals surface area contributed by atoms with E-state index in [0.29, 0.717) is 12.3 Å². The Kier molecular flexibility index (Phi) is 6.56. The fourth-order valence-corrected chi connectivity index (χ4v) is 1.56. The normalized spacial score (nSPS) is 10.2. The van der Waals surface area contributed by atoms with Gasteiger partial charge in [0.25, 0.3) is 0 Å². The van der Waals surface area contributed by atoms with Crippen LogP contribution in [0.25, 0.3) is 0 Å². The van der Waals surface area contributed by atoms with Gasteiger partial charge >= 0.3 is 5.97 Å². The molecule has 0 aliphatic rings. The molecule has 1 N–H and O–H groups in total. The van der Waals surface area contributed by atoms with Crippen LogP contribution in [0, 0.1) is 0 Å². The lowest BCUT2D eigenvalue weighted by Gasteiger charge is -2.08. The molecule has 1 rings (SSSR count). The van der Waals surface area contributed by atoms with Crippen molar-refractivity contribution in [3.8, 4) is 5.75 Å². The smallest absolute Gasteiger partial charge is 0.306 e. The number of ether oxygens (including phenoxy) is 2.